The fourth-order valence-corrected chi connectivity index (χ4v) is 4.42. The van der Waals surface area contributed by atoms with Gasteiger partial charge in [0.15, 0.2) is 16.7 Å². The zero-order chi connectivity index (χ0) is 23.5. The van der Waals surface area contributed by atoms with Crippen LogP contribution in [-0.4, -0.2) is 36.3 Å². The molecule has 0 radical (unpaired) electrons. The normalized spacial score (nSPS) is 17.0. The summed E-state index contributed by atoms with van der Waals surface area (Å²) in [5, 5.41) is 11.5. The molecule has 2 aromatic carbocycles. The molecule has 6 nitrogen and oxygen atoms in total. The average Bonchev–Trinajstić information content (AvgIpc) is 3.18. The van der Waals surface area contributed by atoms with Crippen molar-refractivity contribution < 1.29 is 14.3 Å². The van der Waals surface area contributed by atoms with Crippen molar-refractivity contribution in [1.29, 1.82) is 0 Å². The van der Waals surface area contributed by atoms with Crippen LogP contribution in [0.5, 0.6) is 11.5 Å². The minimum Gasteiger partial charge on any atom is -0.493 e. The molecule has 0 bridgehead atoms. The van der Waals surface area contributed by atoms with Gasteiger partial charge in [-0.25, -0.2) is 0 Å². The molecule has 0 spiro atoms. The molecule has 3 rings (SSSR count). The maximum absolute atomic E-state index is 12.3. The van der Waals surface area contributed by atoms with Crippen LogP contribution in [0, 0.1) is 0 Å². The monoisotopic (exact) mass is 467 g/mol. The van der Waals surface area contributed by atoms with Gasteiger partial charge in [0.1, 0.15) is 0 Å². The Balaban J connectivity index is 1.54. The van der Waals surface area contributed by atoms with Gasteiger partial charge in [0.25, 0.3) is 0 Å². The minimum atomic E-state index is -0.194. The molecule has 1 aliphatic heterocycles. The van der Waals surface area contributed by atoms with Crippen molar-refractivity contribution >= 4 is 29.1 Å². The first-order valence-electron chi connectivity index (χ1n) is 11.6. The van der Waals surface area contributed by atoms with Gasteiger partial charge >= 0.3 is 0 Å². The Bertz CT molecular complexity index is 973. The number of nitrogens with zero attached hydrogens (tertiary/aromatic N) is 2. The molecule has 1 unspecified atom stereocenters. The maximum Gasteiger partial charge on any atom is 0.239 e. The van der Waals surface area contributed by atoms with Crippen LogP contribution < -0.4 is 14.8 Å². The predicted octanol–water partition coefficient (Wildman–Crippen LogP) is 5.38. The number of carbonyl (C=O) groups is 1. The Labute approximate surface area is 200 Å². The highest BCUT2D eigenvalue weighted by Gasteiger charge is 2.30. The predicted molar refractivity (Wildman–Crippen MR) is 137 cm³/mol. The first-order valence-corrected chi connectivity index (χ1v) is 12.5. The summed E-state index contributed by atoms with van der Waals surface area (Å²) >= 11 is 1.41. The van der Waals surface area contributed by atoms with Crippen molar-refractivity contribution in [2.75, 3.05) is 13.7 Å². The van der Waals surface area contributed by atoms with Crippen molar-refractivity contribution in [2.24, 2.45) is 10.2 Å². The van der Waals surface area contributed by atoms with Crippen LogP contribution in [0.15, 0.2) is 52.7 Å². The zero-order valence-electron chi connectivity index (χ0n) is 19.7. The first kappa shape index (κ1) is 24.8. The second kappa shape index (κ2) is 13.0. The van der Waals surface area contributed by atoms with Crippen molar-refractivity contribution in [3.05, 3.63) is 59.2 Å². The van der Waals surface area contributed by atoms with Crippen molar-refractivity contribution in [3.8, 4) is 11.5 Å². The van der Waals surface area contributed by atoms with E-state index in [1.54, 1.807) is 13.3 Å². The summed E-state index contributed by atoms with van der Waals surface area (Å²) in [5.74, 6) is 1.36. The highest BCUT2D eigenvalue weighted by molar-refractivity contribution is 8.15. The van der Waals surface area contributed by atoms with Gasteiger partial charge in [-0.15, -0.1) is 5.10 Å². The Morgan fingerprint density at radius 3 is 2.55 bits per heavy atom. The quantitative estimate of drug-likeness (QED) is 0.258. The molecular formula is C26H33N3O3S. The highest BCUT2D eigenvalue weighted by atomic mass is 32.2. The lowest BCUT2D eigenvalue weighted by molar-refractivity contribution is -0.118. The van der Waals surface area contributed by atoms with Crippen molar-refractivity contribution in [1.82, 2.24) is 5.32 Å². The third kappa shape index (κ3) is 7.63. The number of aryl methyl sites for hydroxylation is 1. The van der Waals surface area contributed by atoms with Crippen molar-refractivity contribution in [3.63, 3.8) is 0 Å². The van der Waals surface area contributed by atoms with Crippen LogP contribution in [0.1, 0.15) is 56.2 Å². The van der Waals surface area contributed by atoms with Crippen LogP contribution in [-0.2, 0) is 17.6 Å². The van der Waals surface area contributed by atoms with E-state index in [1.807, 2.05) is 18.2 Å². The van der Waals surface area contributed by atoms with E-state index in [-0.39, 0.29) is 11.2 Å². The Kier molecular flexibility index (Phi) is 9.81. The van der Waals surface area contributed by atoms with E-state index < -0.39 is 0 Å². The third-order valence-electron chi connectivity index (χ3n) is 5.43. The molecular weight excluding hydrogens is 434 g/mol. The highest BCUT2D eigenvalue weighted by Crippen LogP contribution is 2.28. The number of amides is 1. The lowest BCUT2D eigenvalue weighted by Crippen LogP contribution is -2.25. The van der Waals surface area contributed by atoms with Gasteiger partial charge in [0.2, 0.25) is 5.91 Å². The number of amidine groups is 1. The summed E-state index contributed by atoms with van der Waals surface area (Å²) < 4.78 is 11.3. The molecule has 0 saturated carbocycles. The largest absolute Gasteiger partial charge is 0.493 e. The van der Waals surface area contributed by atoms with E-state index in [2.05, 4.69) is 53.6 Å². The number of carbonyl (C=O) groups excluding carboxylic acids is 1. The molecule has 33 heavy (non-hydrogen) atoms. The number of benzene rings is 2. The van der Waals surface area contributed by atoms with Gasteiger partial charge < -0.3 is 14.8 Å². The van der Waals surface area contributed by atoms with Crippen LogP contribution in [0.2, 0.25) is 0 Å². The van der Waals surface area contributed by atoms with Gasteiger partial charge in [0.05, 0.1) is 25.2 Å². The number of thioether (sulfide) groups is 1. The molecule has 1 saturated heterocycles. The summed E-state index contributed by atoms with van der Waals surface area (Å²) in [5.41, 5.74) is 3.28. The number of methoxy groups -OCH3 is 1. The first-order chi connectivity index (χ1) is 16.1. The summed E-state index contributed by atoms with van der Waals surface area (Å²) in [6, 6.07) is 14.1. The van der Waals surface area contributed by atoms with Gasteiger partial charge in [-0.1, -0.05) is 69.1 Å². The molecule has 1 aliphatic rings. The Morgan fingerprint density at radius 1 is 1.03 bits per heavy atom. The fraction of sp³-hybridized carbons (Fsp3) is 0.423. The SMILES string of the molecule is CCCCCCOc1ccc(/C=N/N=C2\NC(=O)C(Cc3ccc(CC)cc3)S2)cc1OC. The third-order valence-corrected chi connectivity index (χ3v) is 6.50. The summed E-state index contributed by atoms with van der Waals surface area (Å²) in [6.07, 6.45) is 7.95. The number of hydrogen-bond acceptors (Lipinski definition) is 6. The van der Waals surface area contributed by atoms with Crippen LogP contribution in [0.4, 0.5) is 0 Å². The molecule has 1 fully saturated rings. The molecule has 0 aromatic heterocycles. The van der Waals surface area contributed by atoms with E-state index in [0.717, 1.165) is 29.7 Å². The molecule has 1 amide bonds. The Morgan fingerprint density at radius 2 is 1.82 bits per heavy atom. The van der Waals surface area contributed by atoms with E-state index in [0.29, 0.717) is 23.9 Å². The summed E-state index contributed by atoms with van der Waals surface area (Å²) in [7, 11) is 1.63. The standard InChI is InChI=1S/C26H33N3O3S/c1-4-6-7-8-15-32-22-14-13-21(16-23(22)31-3)18-27-29-26-28-25(30)24(33-26)17-20-11-9-19(5-2)10-12-20/h9-14,16,18,24H,4-8,15,17H2,1-3H3,(H,28,29,30)/b27-18+. The summed E-state index contributed by atoms with van der Waals surface area (Å²) in [6.45, 7) is 5.00. The van der Waals surface area contributed by atoms with Gasteiger partial charge in [-0.05, 0) is 54.2 Å². The lowest BCUT2D eigenvalue weighted by Gasteiger charge is -2.11. The second-order valence-corrected chi connectivity index (χ2v) is 9.13. The van der Waals surface area contributed by atoms with E-state index in [4.69, 9.17) is 9.47 Å². The number of nitrogens with one attached hydrogen (secondary N) is 1. The topological polar surface area (TPSA) is 72.3 Å². The molecule has 0 aliphatic carbocycles. The number of hydrogen-bond donors (Lipinski definition) is 1. The van der Waals surface area contributed by atoms with E-state index in [9.17, 15) is 4.79 Å². The maximum atomic E-state index is 12.3. The van der Waals surface area contributed by atoms with Gasteiger partial charge in [-0.2, -0.15) is 5.10 Å². The van der Waals surface area contributed by atoms with Gasteiger partial charge in [-0.3, -0.25) is 4.79 Å². The number of ether oxygens (including phenoxy) is 2. The lowest BCUT2D eigenvalue weighted by atomic mass is 10.1. The van der Waals surface area contributed by atoms with Crippen LogP contribution >= 0.6 is 11.8 Å². The van der Waals surface area contributed by atoms with E-state index in [1.165, 1.54) is 36.6 Å². The van der Waals surface area contributed by atoms with Crippen LogP contribution in [0.3, 0.4) is 0 Å². The molecule has 1 atom stereocenters. The van der Waals surface area contributed by atoms with Crippen LogP contribution in [0.25, 0.3) is 0 Å². The van der Waals surface area contributed by atoms with Crippen molar-refractivity contribution in [2.45, 2.75) is 57.6 Å². The number of rotatable bonds is 12. The minimum absolute atomic E-state index is 0.0318. The van der Waals surface area contributed by atoms with Gasteiger partial charge in [0, 0.05) is 0 Å². The smallest absolute Gasteiger partial charge is 0.239 e. The second-order valence-electron chi connectivity index (χ2n) is 7.94. The fourth-order valence-electron chi connectivity index (χ4n) is 3.45. The summed E-state index contributed by atoms with van der Waals surface area (Å²) in [4.78, 5) is 12.3. The number of unbranched alkanes of at least 4 members (excludes halogenated alkanes) is 3. The molecule has 2 aromatic rings. The Hall–Kier alpha value is -2.80. The molecule has 1 heterocycles. The molecule has 1 N–H and O–H groups in total. The van der Waals surface area contributed by atoms with E-state index >= 15 is 0 Å². The molecule has 176 valence electrons. The molecule has 7 heteroatoms. The average molecular weight is 468 g/mol. The zero-order valence-corrected chi connectivity index (χ0v) is 20.5.